The van der Waals surface area contributed by atoms with E-state index in [1.807, 2.05) is 42.5 Å². The predicted octanol–water partition coefficient (Wildman–Crippen LogP) is 5.21. The molecular formula is C30H31ClF3N7O3. The van der Waals surface area contributed by atoms with E-state index in [2.05, 4.69) is 44.0 Å². The molecule has 5 rings (SSSR count). The number of benzene rings is 3. The van der Waals surface area contributed by atoms with Crippen LogP contribution < -0.4 is 20.9 Å². The van der Waals surface area contributed by atoms with Gasteiger partial charge in [0.1, 0.15) is 5.75 Å². The summed E-state index contributed by atoms with van der Waals surface area (Å²) >= 11 is 6.25. The molecule has 0 aliphatic carbocycles. The van der Waals surface area contributed by atoms with Gasteiger partial charge in [-0.25, -0.2) is 4.79 Å². The van der Waals surface area contributed by atoms with Crippen molar-refractivity contribution in [3.8, 4) is 16.9 Å². The molecular weight excluding hydrogens is 599 g/mol. The number of hydrogen-bond donors (Lipinski definition) is 5. The lowest BCUT2D eigenvalue weighted by Gasteiger charge is -2.27. The van der Waals surface area contributed by atoms with Crippen LogP contribution in [0, 0.1) is 0 Å². The number of carbonyl (C=O) groups is 1. The molecule has 232 valence electrons. The largest absolute Gasteiger partial charge is 0.508 e. The van der Waals surface area contributed by atoms with Crippen molar-refractivity contribution in [2.24, 2.45) is 0 Å². The second-order valence-electron chi connectivity index (χ2n) is 9.69. The van der Waals surface area contributed by atoms with Gasteiger partial charge in [-0.1, -0.05) is 60.1 Å². The molecule has 1 aliphatic heterocycles. The highest BCUT2D eigenvalue weighted by atomic mass is 35.5. The summed E-state index contributed by atoms with van der Waals surface area (Å²) in [5.74, 6) is -0.770. The number of alkyl halides is 3. The molecule has 0 unspecified atom stereocenters. The molecule has 0 atom stereocenters. The van der Waals surface area contributed by atoms with E-state index in [0.29, 0.717) is 36.0 Å². The zero-order chi connectivity index (χ0) is 31.5. The first kappa shape index (κ1) is 32.3. The maximum Gasteiger partial charge on any atom is 0.490 e. The van der Waals surface area contributed by atoms with Gasteiger partial charge in [0.15, 0.2) is 0 Å². The summed E-state index contributed by atoms with van der Waals surface area (Å²) in [6.07, 6.45) is -4.30. The minimum absolute atomic E-state index is 0.266. The number of hydrogen-bond acceptors (Lipinski definition) is 9. The zero-order valence-electron chi connectivity index (χ0n) is 23.5. The molecule has 5 N–H and O–H groups in total. The molecule has 3 aromatic carbocycles. The van der Waals surface area contributed by atoms with Gasteiger partial charge in [-0.05, 0) is 52.9 Å². The fourth-order valence-electron chi connectivity index (χ4n) is 4.30. The van der Waals surface area contributed by atoms with Gasteiger partial charge in [0.2, 0.25) is 17.8 Å². The molecule has 44 heavy (non-hydrogen) atoms. The number of halogens is 4. The van der Waals surface area contributed by atoms with Gasteiger partial charge < -0.3 is 31.1 Å². The summed E-state index contributed by atoms with van der Waals surface area (Å²) < 4.78 is 31.7. The van der Waals surface area contributed by atoms with Crippen molar-refractivity contribution in [1.82, 2.24) is 20.3 Å². The molecule has 1 aliphatic rings. The van der Waals surface area contributed by atoms with E-state index in [9.17, 15) is 18.3 Å². The van der Waals surface area contributed by atoms with Crippen LogP contribution in [0.4, 0.5) is 31.0 Å². The fraction of sp³-hybridized carbons (Fsp3) is 0.267. The Kier molecular flexibility index (Phi) is 11.2. The van der Waals surface area contributed by atoms with Gasteiger partial charge in [-0.2, -0.15) is 28.1 Å². The number of rotatable bonds is 9. The van der Waals surface area contributed by atoms with Crippen LogP contribution in [0.5, 0.6) is 5.75 Å². The summed E-state index contributed by atoms with van der Waals surface area (Å²) in [6, 6.07) is 23.4. The van der Waals surface area contributed by atoms with E-state index < -0.39 is 12.1 Å². The fourth-order valence-corrected chi connectivity index (χ4v) is 4.49. The molecule has 0 amide bonds. The molecule has 0 bridgehead atoms. The predicted molar refractivity (Wildman–Crippen MR) is 163 cm³/mol. The summed E-state index contributed by atoms with van der Waals surface area (Å²) in [6.45, 7) is 4.69. The molecule has 1 aromatic heterocycles. The van der Waals surface area contributed by atoms with Crippen molar-refractivity contribution in [3.05, 3.63) is 88.9 Å². The summed E-state index contributed by atoms with van der Waals surface area (Å²) in [7, 11) is 0. The van der Waals surface area contributed by atoms with Gasteiger partial charge in [0.05, 0.1) is 0 Å². The van der Waals surface area contributed by atoms with Crippen LogP contribution in [0.2, 0.25) is 5.02 Å². The Morgan fingerprint density at radius 3 is 2.25 bits per heavy atom. The molecule has 0 spiro atoms. The van der Waals surface area contributed by atoms with Gasteiger partial charge in [-0.3, -0.25) is 0 Å². The van der Waals surface area contributed by atoms with Crippen molar-refractivity contribution in [3.63, 3.8) is 0 Å². The number of anilines is 3. The first-order chi connectivity index (χ1) is 21.1. The van der Waals surface area contributed by atoms with Gasteiger partial charge in [-0.15, -0.1) is 0 Å². The van der Waals surface area contributed by atoms with Crippen LogP contribution >= 0.6 is 11.6 Å². The third-order valence-electron chi connectivity index (χ3n) is 6.49. The SMILES string of the molecule is O=C(O)C(F)(F)F.Oc1ccc(CCNc2nc(NCc3ccccc3-c3cccc(Cl)c3)nc(N3CCNCC3)n2)cc1. The van der Waals surface area contributed by atoms with Crippen molar-refractivity contribution in [2.45, 2.75) is 19.1 Å². The van der Waals surface area contributed by atoms with Crippen molar-refractivity contribution in [2.75, 3.05) is 48.3 Å². The van der Waals surface area contributed by atoms with Crippen molar-refractivity contribution < 1.29 is 28.2 Å². The number of aliphatic carboxylic acids is 1. The Balaban J connectivity index is 0.000000566. The molecule has 10 nitrogen and oxygen atoms in total. The number of phenolic OH excluding ortho intramolecular Hbond substituents is 1. The van der Waals surface area contributed by atoms with E-state index in [1.165, 1.54) is 0 Å². The highest BCUT2D eigenvalue weighted by Gasteiger charge is 2.38. The summed E-state index contributed by atoms with van der Waals surface area (Å²) in [5, 5.41) is 27.5. The standard InChI is InChI=1S/C28H30ClN7O.C2HF3O2/c29-23-6-3-5-21(18-23)25-7-2-1-4-22(25)19-32-27-33-26(31-13-12-20-8-10-24(37)11-9-20)34-28(35-27)36-16-14-30-15-17-36;3-2(4,5)1(6)7/h1-11,18,30,37H,12-17,19H2,(H2,31,32,33,34,35);(H,6,7). The average Bonchev–Trinajstić information content (AvgIpc) is 3.01. The van der Waals surface area contributed by atoms with Gasteiger partial charge in [0.25, 0.3) is 0 Å². The van der Waals surface area contributed by atoms with Crippen LogP contribution in [-0.4, -0.2) is 70.0 Å². The first-order valence-electron chi connectivity index (χ1n) is 13.7. The van der Waals surface area contributed by atoms with E-state index in [0.717, 1.165) is 54.9 Å². The topological polar surface area (TPSA) is 136 Å². The monoisotopic (exact) mass is 629 g/mol. The maximum atomic E-state index is 10.6. The molecule has 1 saturated heterocycles. The Bertz CT molecular complexity index is 1540. The highest BCUT2D eigenvalue weighted by Crippen LogP contribution is 2.27. The lowest BCUT2D eigenvalue weighted by Crippen LogP contribution is -2.44. The number of aromatic nitrogens is 3. The zero-order valence-corrected chi connectivity index (χ0v) is 24.2. The van der Waals surface area contributed by atoms with Crippen LogP contribution in [0.25, 0.3) is 11.1 Å². The quantitative estimate of drug-likeness (QED) is 0.168. The second kappa shape index (κ2) is 15.2. The Hall–Kier alpha value is -4.62. The number of piperazine rings is 1. The van der Waals surface area contributed by atoms with Crippen LogP contribution in [0.3, 0.4) is 0 Å². The molecule has 0 saturated carbocycles. The number of phenols is 1. The second-order valence-corrected chi connectivity index (χ2v) is 10.1. The number of nitrogens with zero attached hydrogens (tertiary/aromatic N) is 4. The third-order valence-corrected chi connectivity index (χ3v) is 6.72. The number of carboxylic acids is 1. The van der Waals surface area contributed by atoms with E-state index in [-0.39, 0.29) is 5.75 Å². The Morgan fingerprint density at radius 2 is 1.59 bits per heavy atom. The molecule has 2 heterocycles. The third kappa shape index (κ3) is 9.71. The van der Waals surface area contributed by atoms with Crippen LogP contribution in [-0.2, 0) is 17.8 Å². The minimum atomic E-state index is -5.08. The maximum absolute atomic E-state index is 10.6. The van der Waals surface area contributed by atoms with Gasteiger partial charge in [0, 0.05) is 44.3 Å². The van der Waals surface area contributed by atoms with Crippen molar-refractivity contribution in [1.29, 1.82) is 0 Å². The molecule has 0 radical (unpaired) electrons. The smallest absolute Gasteiger partial charge is 0.490 e. The minimum Gasteiger partial charge on any atom is -0.508 e. The van der Waals surface area contributed by atoms with Gasteiger partial charge >= 0.3 is 12.1 Å². The first-order valence-corrected chi connectivity index (χ1v) is 14.1. The number of aromatic hydroxyl groups is 1. The molecule has 14 heteroatoms. The van der Waals surface area contributed by atoms with E-state index in [1.54, 1.807) is 12.1 Å². The van der Waals surface area contributed by atoms with Crippen LogP contribution in [0.1, 0.15) is 11.1 Å². The average molecular weight is 630 g/mol. The lowest BCUT2D eigenvalue weighted by atomic mass is 10.00. The highest BCUT2D eigenvalue weighted by molar-refractivity contribution is 6.30. The normalized spacial score (nSPS) is 13.0. The van der Waals surface area contributed by atoms with Crippen LogP contribution in [0.15, 0.2) is 72.8 Å². The Morgan fingerprint density at radius 1 is 0.932 bits per heavy atom. The number of nitrogens with one attached hydrogen (secondary N) is 3. The van der Waals surface area contributed by atoms with Crippen molar-refractivity contribution >= 4 is 35.4 Å². The molecule has 4 aromatic rings. The summed E-state index contributed by atoms with van der Waals surface area (Å²) in [4.78, 5) is 25.2. The Labute approximate surface area is 257 Å². The van der Waals surface area contributed by atoms with E-state index >= 15 is 0 Å². The molecule has 1 fully saturated rings. The number of carboxylic acid groups (broad SMARTS) is 1. The summed E-state index contributed by atoms with van der Waals surface area (Å²) in [5.41, 5.74) is 4.42. The lowest BCUT2D eigenvalue weighted by molar-refractivity contribution is -0.192. The van der Waals surface area contributed by atoms with E-state index in [4.69, 9.17) is 31.5 Å².